The molecule has 0 fully saturated rings. The minimum Gasteiger partial charge on any atom is -0.481 e. The number of aromatic nitrogens is 3. The Morgan fingerprint density at radius 2 is 2.12 bits per heavy atom. The van der Waals surface area contributed by atoms with Gasteiger partial charge in [-0.1, -0.05) is 0 Å². The van der Waals surface area contributed by atoms with Crippen molar-refractivity contribution in [3.05, 3.63) is 35.8 Å². The molecule has 7 heteroatoms. The smallest absolute Gasteiger partial charge is 0.305 e. The van der Waals surface area contributed by atoms with Crippen LogP contribution in [0.5, 0.6) is 0 Å². The monoisotopic (exact) mass is 329 g/mol. The average molecular weight is 329 g/mol. The van der Waals surface area contributed by atoms with E-state index in [1.165, 1.54) is 0 Å². The van der Waals surface area contributed by atoms with E-state index in [0.29, 0.717) is 0 Å². The number of nitrogens with zero attached hydrogens (tertiary/aromatic N) is 3. The molecular formula is C17H19N3O4. The minimum absolute atomic E-state index is 0.00973. The van der Waals surface area contributed by atoms with Gasteiger partial charge in [-0.2, -0.15) is 5.10 Å². The van der Waals surface area contributed by atoms with Crippen molar-refractivity contribution >= 4 is 11.9 Å². The molecular weight excluding hydrogens is 310 g/mol. The van der Waals surface area contributed by atoms with E-state index >= 15 is 0 Å². The summed E-state index contributed by atoms with van der Waals surface area (Å²) in [7, 11) is 0. The van der Waals surface area contributed by atoms with Gasteiger partial charge in [0.25, 0.3) is 0 Å². The predicted octanol–water partition coefficient (Wildman–Crippen LogP) is 2.31. The Bertz CT molecular complexity index is 755. The van der Waals surface area contributed by atoms with Crippen LogP contribution in [0.4, 0.5) is 0 Å². The van der Waals surface area contributed by atoms with Crippen molar-refractivity contribution in [3.8, 4) is 11.3 Å². The number of aliphatic carboxylic acids is 2. The Kier molecular flexibility index (Phi) is 4.59. The fraction of sp³-hybridized carbons (Fsp3) is 0.412. The highest BCUT2D eigenvalue weighted by molar-refractivity contribution is 5.71. The second-order valence-corrected chi connectivity index (χ2v) is 6.00. The van der Waals surface area contributed by atoms with Crippen LogP contribution >= 0.6 is 0 Å². The molecule has 2 aromatic heterocycles. The van der Waals surface area contributed by atoms with Gasteiger partial charge in [-0.25, -0.2) is 0 Å². The average Bonchev–Trinajstić information content (AvgIpc) is 2.93. The fourth-order valence-electron chi connectivity index (χ4n) is 3.38. The molecule has 0 amide bonds. The first-order valence-corrected chi connectivity index (χ1v) is 8.00. The van der Waals surface area contributed by atoms with Crippen molar-refractivity contribution in [2.75, 3.05) is 0 Å². The zero-order chi connectivity index (χ0) is 17.1. The van der Waals surface area contributed by atoms with Gasteiger partial charge < -0.3 is 10.2 Å². The van der Waals surface area contributed by atoms with Gasteiger partial charge in [0.15, 0.2) is 0 Å². The maximum atomic E-state index is 11.2. The molecule has 0 spiro atoms. The molecule has 0 radical (unpaired) electrons. The lowest BCUT2D eigenvalue weighted by molar-refractivity contribution is -0.138. The molecule has 3 rings (SSSR count). The molecule has 0 saturated heterocycles. The Labute approximate surface area is 139 Å². The fourth-order valence-corrected chi connectivity index (χ4v) is 3.38. The van der Waals surface area contributed by atoms with Crippen molar-refractivity contribution in [3.63, 3.8) is 0 Å². The van der Waals surface area contributed by atoms with Crippen LogP contribution in [0.1, 0.15) is 42.9 Å². The third-order valence-corrected chi connectivity index (χ3v) is 4.37. The van der Waals surface area contributed by atoms with Crippen LogP contribution in [0.25, 0.3) is 11.3 Å². The molecule has 7 nitrogen and oxygen atoms in total. The zero-order valence-corrected chi connectivity index (χ0v) is 13.2. The SMILES string of the molecule is O=C(O)CCn1nc(-c2cccnc2)c2c1CCCC2CC(=O)O. The normalized spacial score (nSPS) is 16.6. The largest absolute Gasteiger partial charge is 0.481 e. The summed E-state index contributed by atoms with van der Waals surface area (Å²) in [5.41, 5.74) is 3.48. The topological polar surface area (TPSA) is 105 Å². The van der Waals surface area contributed by atoms with Crippen LogP contribution in [0.3, 0.4) is 0 Å². The molecule has 126 valence electrons. The summed E-state index contributed by atoms with van der Waals surface area (Å²) >= 11 is 0. The number of aryl methyl sites for hydroxylation is 1. The molecule has 1 aliphatic carbocycles. The maximum Gasteiger partial charge on any atom is 0.305 e. The van der Waals surface area contributed by atoms with Crippen LogP contribution < -0.4 is 0 Å². The van der Waals surface area contributed by atoms with E-state index in [9.17, 15) is 14.7 Å². The van der Waals surface area contributed by atoms with E-state index < -0.39 is 11.9 Å². The predicted molar refractivity (Wildman–Crippen MR) is 85.6 cm³/mol. The molecule has 2 heterocycles. The third kappa shape index (κ3) is 3.29. The molecule has 1 unspecified atom stereocenters. The van der Waals surface area contributed by atoms with E-state index in [2.05, 4.69) is 10.1 Å². The van der Waals surface area contributed by atoms with Crippen molar-refractivity contribution in [1.29, 1.82) is 0 Å². The molecule has 0 aromatic carbocycles. The lowest BCUT2D eigenvalue weighted by Gasteiger charge is -2.22. The summed E-state index contributed by atoms with van der Waals surface area (Å²) in [4.78, 5) is 26.2. The molecule has 0 bridgehead atoms. The first-order chi connectivity index (χ1) is 11.6. The quantitative estimate of drug-likeness (QED) is 0.842. The Hall–Kier alpha value is -2.70. The Morgan fingerprint density at radius 3 is 2.79 bits per heavy atom. The van der Waals surface area contributed by atoms with Gasteiger partial charge in [-0.15, -0.1) is 0 Å². The summed E-state index contributed by atoms with van der Waals surface area (Å²) in [5.74, 6) is -1.80. The number of carboxylic acid groups (broad SMARTS) is 2. The van der Waals surface area contributed by atoms with Crippen molar-refractivity contribution < 1.29 is 19.8 Å². The number of hydrogen-bond donors (Lipinski definition) is 2. The highest BCUT2D eigenvalue weighted by Gasteiger charge is 2.30. The maximum absolute atomic E-state index is 11.2. The van der Waals surface area contributed by atoms with Gasteiger partial charge in [0.05, 0.1) is 25.1 Å². The Balaban J connectivity index is 2.07. The number of carboxylic acids is 2. The minimum atomic E-state index is -0.875. The second kappa shape index (κ2) is 6.82. The molecule has 1 atom stereocenters. The lowest BCUT2D eigenvalue weighted by atomic mass is 9.82. The van der Waals surface area contributed by atoms with Gasteiger partial charge >= 0.3 is 11.9 Å². The van der Waals surface area contributed by atoms with Crippen molar-refractivity contribution in [1.82, 2.24) is 14.8 Å². The zero-order valence-electron chi connectivity index (χ0n) is 13.2. The van der Waals surface area contributed by atoms with Crippen LogP contribution in [0.15, 0.2) is 24.5 Å². The van der Waals surface area contributed by atoms with Crippen molar-refractivity contribution in [2.45, 2.75) is 44.6 Å². The number of fused-ring (bicyclic) bond motifs is 1. The molecule has 2 aromatic rings. The lowest BCUT2D eigenvalue weighted by Crippen LogP contribution is -2.16. The summed E-state index contributed by atoms with van der Waals surface area (Å²) in [6.07, 6.45) is 5.91. The van der Waals surface area contributed by atoms with Crippen LogP contribution in [0, 0.1) is 0 Å². The van der Waals surface area contributed by atoms with E-state index in [4.69, 9.17) is 5.11 Å². The van der Waals surface area contributed by atoms with Gasteiger partial charge in [0, 0.05) is 29.2 Å². The number of rotatable bonds is 6. The van der Waals surface area contributed by atoms with Gasteiger partial charge in [0.1, 0.15) is 0 Å². The van der Waals surface area contributed by atoms with Crippen LogP contribution in [-0.4, -0.2) is 36.9 Å². The molecule has 2 N–H and O–H groups in total. The molecule has 24 heavy (non-hydrogen) atoms. The van der Waals surface area contributed by atoms with E-state index in [-0.39, 0.29) is 25.3 Å². The summed E-state index contributed by atoms with van der Waals surface area (Å²) in [6, 6.07) is 3.70. The van der Waals surface area contributed by atoms with E-state index in [1.807, 2.05) is 12.1 Å². The molecule has 0 aliphatic heterocycles. The van der Waals surface area contributed by atoms with Gasteiger partial charge in [-0.05, 0) is 37.3 Å². The van der Waals surface area contributed by atoms with Gasteiger partial charge in [-0.3, -0.25) is 19.3 Å². The van der Waals surface area contributed by atoms with Crippen LogP contribution in [-0.2, 0) is 22.6 Å². The number of carbonyl (C=O) groups is 2. The molecule has 1 aliphatic rings. The summed E-state index contributed by atoms with van der Waals surface area (Å²) in [6.45, 7) is 0.289. The standard InChI is InChI=1S/C17H19N3O4/c21-14(22)6-8-20-13-5-1-3-11(9-15(23)24)16(13)17(19-20)12-4-2-7-18-10-12/h2,4,7,10-11H,1,3,5-6,8-9H2,(H,21,22)(H,23,24). The summed E-state index contributed by atoms with van der Waals surface area (Å²) < 4.78 is 1.74. The molecule has 0 saturated carbocycles. The first kappa shape index (κ1) is 16.2. The Morgan fingerprint density at radius 1 is 1.29 bits per heavy atom. The second-order valence-electron chi connectivity index (χ2n) is 6.00. The number of hydrogen-bond acceptors (Lipinski definition) is 4. The van der Waals surface area contributed by atoms with E-state index in [1.54, 1.807) is 17.1 Å². The number of pyridine rings is 1. The highest BCUT2D eigenvalue weighted by Crippen LogP contribution is 2.40. The van der Waals surface area contributed by atoms with E-state index in [0.717, 1.165) is 41.8 Å². The van der Waals surface area contributed by atoms with Crippen molar-refractivity contribution in [2.24, 2.45) is 0 Å². The highest BCUT2D eigenvalue weighted by atomic mass is 16.4. The van der Waals surface area contributed by atoms with Gasteiger partial charge in [0.2, 0.25) is 0 Å². The summed E-state index contributed by atoms with van der Waals surface area (Å²) in [5, 5.41) is 22.8. The third-order valence-electron chi connectivity index (χ3n) is 4.37. The first-order valence-electron chi connectivity index (χ1n) is 8.00. The van der Waals surface area contributed by atoms with Crippen LogP contribution in [0.2, 0.25) is 0 Å².